The highest BCUT2D eigenvalue weighted by Gasteiger charge is 2.12. The minimum Gasteiger partial charge on any atom is -0.490 e. The lowest BCUT2D eigenvalue weighted by molar-refractivity contribution is -0.636. The number of hydrogen-bond acceptors (Lipinski definition) is 3. The van der Waals surface area contributed by atoms with Crippen molar-refractivity contribution in [3.8, 4) is 5.88 Å². The molecule has 1 heterocycles. The Kier molecular flexibility index (Phi) is 3.35. The van der Waals surface area contributed by atoms with E-state index in [-0.39, 0.29) is 5.88 Å². The van der Waals surface area contributed by atoms with E-state index in [0.717, 1.165) is 10.1 Å². The van der Waals surface area contributed by atoms with Gasteiger partial charge in [-0.3, -0.25) is 0 Å². The second-order valence-corrected chi connectivity index (χ2v) is 3.45. The topological polar surface area (TPSA) is 53.2 Å². The zero-order valence-corrected chi connectivity index (χ0v) is 9.08. The van der Waals surface area contributed by atoms with Crippen molar-refractivity contribution in [1.82, 2.24) is 0 Å². The van der Waals surface area contributed by atoms with Crippen LogP contribution in [0.4, 0.5) is 4.79 Å². The number of nitrogens with zero attached hydrogens (tertiary/aromatic N) is 1. The predicted molar refractivity (Wildman–Crippen MR) is 58.2 cm³/mol. The van der Waals surface area contributed by atoms with Crippen molar-refractivity contribution in [2.45, 2.75) is 6.61 Å². The first-order valence-corrected chi connectivity index (χ1v) is 5.16. The van der Waals surface area contributed by atoms with E-state index in [1.807, 2.05) is 30.3 Å². The molecule has 2 aromatic rings. The Bertz CT molecular complexity index is 511. The monoisotopic (exact) mass is 229 g/mol. The lowest BCUT2D eigenvalue weighted by Gasteiger charge is -2.05. The summed E-state index contributed by atoms with van der Waals surface area (Å²) in [5, 5.41) is 10.8. The molecule has 1 aromatic carbocycles. The number of rotatable bonds is 3. The van der Waals surface area contributed by atoms with Gasteiger partial charge in [-0.05, 0) is 11.6 Å². The van der Waals surface area contributed by atoms with Gasteiger partial charge in [-0.15, -0.1) is 4.57 Å². The van der Waals surface area contributed by atoms with Gasteiger partial charge in [0.25, 0.3) is 0 Å². The summed E-state index contributed by atoms with van der Waals surface area (Å²) in [4.78, 5) is 10.8. The molecular weight excluding hydrogens is 218 g/mol. The Morgan fingerprint density at radius 3 is 2.53 bits per heavy atom. The number of carbonyl (C=O) groups is 1. The van der Waals surface area contributed by atoms with Crippen LogP contribution in [0.5, 0.6) is 5.88 Å². The normalized spacial score (nSPS) is 9.88. The van der Waals surface area contributed by atoms with Crippen LogP contribution < -0.4 is 14.4 Å². The van der Waals surface area contributed by atoms with Gasteiger partial charge in [0.2, 0.25) is 0 Å². The van der Waals surface area contributed by atoms with E-state index in [1.54, 1.807) is 18.2 Å². The maximum atomic E-state index is 10.8. The predicted octanol–water partition coefficient (Wildman–Crippen LogP) is 0.744. The summed E-state index contributed by atoms with van der Waals surface area (Å²) < 4.78 is 6.36. The second-order valence-electron chi connectivity index (χ2n) is 3.45. The van der Waals surface area contributed by atoms with Gasteiger partial charge in [0.15, 0.2) is 6.20 Å². The van der Waals surface area contributed by atoms with Crippen molar-refractivity contribution in [1.29, 1.82) is 0 Å². The fraction of sp³-hybridized carbons (Fsp3) is 0.0769. The zero-order valence-electron chi connectivity index (χ0n) is 9.08. The summed E-state index contributed by atoms with van der Waals surface area (Å²) in [5.41, 5.74) is 0.973. The molecule has 86 valence electrons. The standard InChI is InChI=1S/C13H11NO3/c15-13(16)14-9-5-4-8-12(14)17-10-11-6-2-1-3-7-11/h1-9H,10H2. The average Bonchev–Trinajstić information content (AvgIpc) is 2.38. The summed E-state index contributed by atoms with van der Waals surface area (Å²) in [5.74, 6) is 0.247. The molecule has 0 aliphatic heterocycles. The van der Waals surface area contributed by atoms with Crippen LogP contribution in [-0.4, -0.2) is 6.09 Å². The first-order chi connectivity index (χ1) is 8.27. The van der Waals surface area contributed by atoms with E-state index < -0.39 is 6.09 Å². The Morgan fingerprint density at radius 2 is 1.82 bits per heavy atom. The Morgan fingerprint density at radius 1 is 1.12 bits per heavy atom. The Hall–Kier alpha value is -2.36. The van der Waals surface area contributed by atoms with Crippen molar-refractivity contribution in [3.05, 3.63) is 60.3 Å². The van der Waals surface area contributed by atoms with Gasteiger partial charge in [0.05, 0.1) is 6.07 Å². The smallest absolute Gasteiger partial charge is 0.375 e. The number of hydrogen-bond donors (Lipinski definition) is 0. The summed E-state index contributed by atoms with van der Waals surface area (Å²) in [7, 11) is 0. The van der Waals surface area contributed by atoms with E-state index in [9.17, 15) is 9.90 Å². The van der Waals surface area contributed by atoms with E-state index in [4.69, 9.17) is 4.74 Å². The molecule has 0 radical (unpaired) electrons. The molecule has 0 N–H and O–H groups in total. The summed E-state index contributed by atoms with van der Waals surface area (Å²) in [6.07, 6.45) is 0.0732. The number of ether oxygens (including phenoxy) is 1. The highest BCUT2D eigenvalue weighted by Crippen LogP contribution is 2.06. The van der Waals surface area contributed by atoms with Crippen LogP contribution in [0.3, 0.4) is 0 Å². The van der Waals surface area contributed by atoms with Crippen molar-refractivity contribution < 1.29 is 19.2 Å². The molecule has 0 saturated carbocycles. The summed E-state index contributed by atoms with van der Waals surface area (Å²) >= 11 is 0. The van der Waals surface area contributed by atoms with Crippen LogP contribution in [0.2, 0.25) is 0 Å². The van der Waals surface area contributed by atoms with Gasteiger partial charge in [-0.25, -0.2) is 0 Å². The minimum atomic E-state index is -1.31. The van der Waals surface area contributed by atoms with Crippen LogP contribution in [0.15, 0.2) is 54.7 Å². The van der Waals surface area contributed by atoms with Crippen LogP contribution >= 0.6 is 0 Å². The highest BCUT2D eigenvalue weighted by atomic mass is 16.5. The quantitative estimate of drug-likeness (QED) is 0.729. The van der Waals surface area contributed by atoms with Crippen molar-refractivity contribution >= 4 is 6.09 Å². The van der Waals surface area contributed by atoms with E-state index in [0.29, 0.717) is 6.61 Å². The molecule has 4 heteroatoms. The van der Waals surface area contributed by atoms with Gasteiger partial charge in [0, 0.05) is 6.07 Å². The molecule has 0 unspecified atom stereocenters. The minimum absolute atomic E-state index is 0.247. The van der Waals surface area contributed by atoms with E-state index in [1.165, 1.54) is 6.20 Å². The van der Waals surface area contributed by atoms with Crippen molar-refractivity contribution in [3.63, 3.8) is 0 Å². The third kappa shape index (κ3) is 2.81. The highest BCUT2D eigenvalue weighted by molar-refractivity contribution is 5.51. The van der Waals surface area contributed by atoms with Crippen molar-refractivity contribution in [2.24, 2.45) is 0 Å². The molecule has 0 fully saturated rings. The average molecular weight is 229 g/mol. The number of aromatic nitrogens is 1. The zero-order chi connectivity index (χ0) is 12.1. The molecule has 1 aromatic heterocycles. The van der Waals surface area contributed by atoms with Crippen LogP contribution in [0.25, 0.3) is 0 Å². The molecule has 4 nitrogen and oxygen atoms in total. The summed E-state index contributed by atoms with van der Waals surface area (Å²) in [6.45, 7) is 0.318. The number of benzene rings is 1. The van der Waals surface area contributed by atoms with Gasteiger partial charge < -0.3 is 14.6 Å². The maximum absolute atomic E-state index is 10.8. The molecule has 0 saturated heterocycles. The summed E-state index contributed by atoms with van der Waals surface area (Å²) in [6, 6.07) is 14.4. The molecule has 2 rings (SSSR count). The molecular formula is C13H11NO3. The van der Waals surface area contributed by atoms with Gasteiger partial charge in [-0.2, -0.15) is 0 Å². The molecule has 0 bridgehead atoms. The third-order valence-electron chi connectivity index (χ3n) is 2.25. The number of carbonyl (C=O) groups excluding carboxylic acids is 1. The Labute approximate surface area is 98.7 Å². The first-order valence-electron chi connectivity index (χ1n) is 5.16. The molecule has 0 spiro atoms. The molecule has 17 heavy (non-hydrogen) atoms. The SMILES string of the molecule is O=C([O-])[n+]1ccccc1OCc1ccccc1. The number of pyridine rings is 1. The van der Waals surface area contributed by atoms with E-state index >= 15 is 0 Å². The first kappa shape index (κ1) is 11.1. The third-order valence-corrected chi connectivity index (χ3v) is 2.25. The van der Waals surface area contributed by atoms with Gasteiger partial charge in [-0.1, -0.05) is 30.3 Å². The van der Waals surface area contributed by atoms with Crippen LogP contribution in [-0.2, 0) is 6.61 Å². The van der Waals surface area contributed by atoms with E-state index in [2.05, 4.69) is 0 Å². The molecule has 0 atom stereocenters. The largest absolute Gasteiger partial charge is 0.490 e. The number of carboxylic acid groups (broad SMARTS) is 1. The van der Waals surface area contributed by atoms with Crippen LogP contribution in [0, 0.1) is 0 Å². The lowest BCUT2D eigenvalue weighted by Crippen LogP contribution is -2.52. The molecule has 0 aliphatic carbocycles. The van der Waals surface area contributed by atoms with Crippen LogP contribution in [0.1, 0.15) is 5.56 Å². The van der Waals surface area contributed by atoms with Crippen molar-refractivity contribution in [2.75, 3.05) is 0 Å². The maximum Gasteiger partial charge on any atom is 0.375 e. The molecule has 0 aliphatic rings. The Balaban J connectivity index is 2.12. The fourth-order valence-corrected chi connectivity index (χ4v) is 1.43. The lowest BCUT2D eigenvalue weighted by atomic mass is 10.2. The van der Waals surface area contributed by atoms with Gasteiger partial charge in [0.1, 0.15) is 6.61 Å². The second kappa shape index (κ2) is 5.12. The fourth-order valence-electron chi connectivity index (χ4n) is 1.43. The molecule has 0 amide bonds. The van der Waals surface area contributed by atoms with Gasteiger partial charge >= 0.3 is 12.0 Å².